The van der Waals surface area contributed by atoms with Crippen LogP contribution in [-0.4, -0.2) is 35.4 Å². The molecule has 0 radical (unpaired) electrons. The molecule has 0 bridgehead atoms. The predicted molar refractivity (Wildman–Crippen MR) is 121 cm³/mol. The van der Waals surface area contributed by atoms with E-state index in [4.69, 9.17) is 4.74 Å². The molecule has 1 aliphatic rings. The predicted octanol–water partition coefficient (Wildman–Crippen LogP) is 4.55. The monoisotopic (exact) mass is 444 g/mol. The van der Waals surface area contributed by atoms with Crippen LogP contribution >= 0.6 is 12.4 Å². The minimum atomic E-state index is -0.334. The average Bonchev–Trinajstić information content (AvgIpc) is 3.21. The molecule has 1 aromatic heterocycles. The number of anilines is 1. The molecule has 0 spiro atoms. The van der Waals surface area contributed by atoms with Crippen molar-refractivity contribution in [3.05, 3.63) is 71.8 Å². The van der Waals surface area contributed by atoms with Crippen LogP contribution in [0.5, 0.6) is 5.75 Å². The summed E-state index contributed by atoms with van der Waals surface area (Å²) in [5, 5.41) is 10.7. The van der Waals surface area contributed by atoms with Crippen molar-refractivity contribution in [1.82, 2.24) is 15.1 Å². The molecule has 31 heavy (non-hydrogen) atoms. The maximum atomic E-state index is 13.8. The number of nitrogens with one attached hydrogen (secondary N) is 2. The Labute approximate surface area is 187 Å². The number of rotatable bonds is 6. The number of halogens is 2. The molecule has 6 nitrogen and oxygen atoms in total. The van der Waals surface area contributed by atoms with E-state index >= 15 is 0 Å². The first-order valence-corrected chi connectivity index (χ1v) is 10.2. The van der Waals surface area contributed by atoms with Crippen LogP contribution in [0.25, 0.3) is 5.69 Å². The number of hydrogen-bond donors (Lipinski definition) is 2. The number of benzene rings is 2. The highest BCUT2D eigenvalue weighted by Crippen LogP contribution is 2.31. The lowest BCUT2D eigenvalue weighted by Gasteiger charge is -2.24. The van der Waals surface area contributed by atoms with Crippen molar-refractivity contribution in [2.75, 3.05) is 25.0 Å². The van der Waals surface area contributed by atoms with Crippen LogP contribution in [0.3, 0.4) is 0 Å². The van der Waals surface area contributed by atoms with E-state index < -0.39 is 0 Å². The van der Waals surface area contributed by atoms with Gasteiger partial charge < -0.3 is 15.4 Å². The van der Waals surface area contributed by atoms with E-state index in [1.807, 2.05) is 31.2 Å². The highest BCUT2D eigenvalue weighted by molar-refractivity contribution is 6.05. The fourth-order valence-corrected chi connectivity index (χ4v) is 3.83. The number of hydrogen-bond acceptors (Lipinski definition) is 4. The summed E-state index contributed by atoms with van der Waals surface area (Å²) in [6.45, 7) is 4.26. The second-order valence-electron chi connectivity index (χ2n) is 7.27. The van der Waals surface area contributed by atoms with Crippen LogP contribution in [0.15, 0.2) is 54.7 Å². The van der Waals surface area contributed by atoms with Gasteiger partial charge in [0.05, 0.1) is 29.7 Å². The Morgan fingerprint density at radius 1 is 1.23 bits per heavy atom. The van der Waals surface area contributed by atoms with Crippen LogP contribution in [0.1, 0.15) is 41.7 Å². The van der Waals surface area contributed by atoms with Crippen molar-refractivity contribution in [2.24, 2.45) is 0 Å². The van der Waals surface area contributed by atoms with Gasteiger partial charge >= 0.3 is 0 Å². The lowest BCUT2D eigenvalue weighted by Crippen LogP contribution is -2.29. The molecule has 164 valence electrons. The van der Waals surface area contributed by atoms with E-state index in [1.165, 1.54) is 12.1 Å². The second kappa shape index (κ2) is 10.4. The minimum absolute atomic E-state index is 0. The standard InChI is InChI=1S/C23H25FN4O2.ClH/c1-2-30-20-8-6-18(7-9-20)27-23(29)21-15-26-28(19-5-3-4-17(24)14-19)22(21)16-10-12-25-13-11-16;/h3-9,14-16,25H,2,10-13H2,1H3,(H,27,29);1H. The Morgan fingerprint density at radius 2 is 1.97 bits per heavy atom. The number of nitrogens with zero attached hydrogens (tertiary/aromatic N) is 2. The Balaban J connectivity index is 0.00000272. The van der Waals surface area contributed by atoms with E-state index in [2.05, 4.69) is 15.7 Å². The average molecular weight is 445 g/mol. The van der Waals surface area contributed by atoms with Crippen molar-refractivity contribution in [3.8, 4) is 11.4 Å². The maximum absolute atomic E-state index is 13.8. The van der Waals surface area contributed by atoms with Gasteiger partial charge in [-0.25, -0.2) is 9.07 Å². The second-order valence-corrected chi connectivity index (χ2v) is 7.27. The van der Waals surface area contributed by atoms with Gasteiger partial charge in [0.2, 0.25) is 0 Å². The smallest absolute Gasteiger partial charge is 0.259 e. The lowest BCUT2D eigenvalue weighted by atomic mass is 9.91. The van der Waals surface area contributed by atoms with Gasteiger partial charge in [0.1, 0.15) is 11.6 Å². The molecule has 1 amide bonds. The van der Waals surface area contributed by atoms with E-state index in [-0.39, 0.29) is 30.0 Å². The van der Waals surface area contributed by atoms with Crippen molar-refractivity contribution in [2.45, 2.75) is 25.7 Å². The minimum Gasteiger partial charge on any atom is -0.494 e. The zero-order valence-corrected chi connectivity index (χ0v) is 18.1. The number of amides is 1. The SMILES string of the molecule is CCOc1ccc(NC(=O)c2cnn(-c3cccc(F)c3)c2C2CCNCC2)cc1.Cl. The summed E-state index contributed by atoms with van der Waals surface area (Å²) >= 11 is 0. The first-order chi connectivity index (χ1) is 14.7. The summed E-state index contributed by atoms with van der Waals surface area (Å²) in [4.78, 5) is 13.1. The normalized spacial score (nSPS) is 14.0. The number of carbonyl (C=O) groups excluding carboxylic acids is 1. The highest BCUT2D eigenvalue weighted by Gasteiger charge is 2.27. The molecule has 2 N–H and O–H groups in total. The van der Waals surface area contributed by atoms with Crippen LogP contribution in [0.4, 0.5) is 10.1 Å². The summed E-state index contributed by atoms with van der Waals surface area (Å²) in [6.07, 6.45) is 3.36. The van der Waals surface area contributed by atoms with Gasteiger partial charge in [0, 0.05) is 11.6 Å². The van der Waals surface area contributed by atoms with Crippen LogP contribution in [-0.2, 0) is 0 Å². The van der Waals surface area contributed by atoms with Gasteiger partial charge in [-0.05, 0) is 75.3 Å². The fourth-order valence-electron chi connectivity index (χ4n) is 3.83. The van der Waals surface area contributed by atoms with E-state index in [1.54, 1.807) is 23.0 Å². The molecule has 1 aliphatic heterocycles. The number of piperidine rings is 1. The molecule has 0 aliphatic carbocycles. The van der Waals surface area contributed by atoms with Crippen LogP contribution in [0, 0.1) is 5.82 Å². The molecule has 4 rings (SSSR count). The fraction of sp³-hybridized carbons (Fsp3) is 0.304. The van der Waals surface area contributed by atoms with Crippen LogP contribution in [0.2, 0.25) is 0 Å². The van der Waals surface area contributed by atoms with Crippen molar-refractivity contribution >= 4 is 24.0 Å². The zero-order chi connectivity index (χ0) is 20.9. The molecule has 2 aromatic carbocycles. The number of aromatic nitrogens is 2. The van der Waals surface area contributed by atoms with E-state index in [0.717, 1.165) is 37.4 Å². The van der Waals surface area contributed by atoms with Gasteiger partial charge in [-0.1, -0.05) is 6.07 Å². The summed E-state index contributed by atoms with van der Waals surface area (Å²) in [5.41, 5.74) is 2.63. The molecule has 3 aromatic rings. The van der Waals surface area contributed by atoms with Crippen molar-refractivity contribution in [3.63, 3.8) is 0 Å². The molecule has 1 fully saturated rings. The molecule has 8 heteroatoms. The van der Waals surface area contributed by atoms with Gasteiger partial charge in [-0.3, -0.25) is 4.79 Å². The summed E-state index contributed by atoms with van der Waals surface area (Å²) in [6, 6.07) is 13.6. The third-order valence-corrected chi connectivity index (χ3v) is 5.25. The summed E-state index contributed by atoms with van der Waals surface area (Å²) in [7, 11) is 0. The molecular weight excluding hydrogens is 419 g/mol. The van der Waals surface area contributed by atoms with E-state index in [0.29, 0.717) is 23.5 Å². The van der Waals surface area contributed by atoms with Crippen LogP contribution < -0.4 is 15.4 Å². The van der Waals surface area contributed by atoms with Crippen molar-refractivity contribution in [1.29, 1.82) is 0 Å². The number of carbonyl (C=O) groups is 1. The lowest BCUT2D eigenvalue weighted by molar-refractivity contribution is 0.102. The third-order valence-electron chi connectivity index (χ3n) is 5.25. The first-order valence-electron chi connectivity index (χ1n) is 10.2. The molecule has 2 heterocycles. The first kappa shape index (κ1) is 22.8. The molecule has 0 atom stereocenters. The van der Waals surface area contributed by atoms with Crippen molar-refractivity contribution < 1.29 is 13.9 Å². The summed E-state index contributed by atoms with van der Waals surface area (Å²) in [5.74, 6) is 0.359. The Bertz CT molecular complexity index is 1020. The highest BCUT2D eigenvalue weighted by atomic mass is 35.5. The summed E-state index contributed by atoms with van der Waals surface area (Å²) < 4.78 is 21.0. The molecular formula is C23H26ClFN4O2. The quantitative estimate of drug-likeness (QED) is 0.585. The zero-order valence-electron chi connectivity index (χ0n) is 17.3. The van der Waals surface area contributed by atoms with Gasteiger partial charge in [-0.2, -0.15) is 5.10 Å². The molecule has 0 saturated carbocycles. The van der Waals surface area contributed by atoms with E-state index in [9.17, 15) is 9.18 Å². The molecule has 0 unspecified atom stereocenters. The van der Waals surface area contributed by atoms with Gasteiger partial charge in [0.25, 0.3) is 5.91 Å². The topological polar surface area (TPSA) is 68.2 Å². The van der Waals surface area contributed by atoms with Gasteiger partial charge in [0.15, 0.2) is 0 Å². The number of ether oxygens (including phenoxy) is 1. The van der Waals surface area contributed by atoms with Gasteiger partial charge in [-0.15, -0.1) is 12.4 Å². The third kappa shape index (κ3) is 5.24. The molecule has 1 saturated heterocycles. The Morgan fingerprint density at radius 3 is 2.65 bits per heavy atom. The largest absolute Gasteiger partial charge is 0.494 e. The Kier molecular flexibility index (Phi) is 7.65. The Hall–Kier alpha value is -2.90. The maximum Gasteiger partial charge on any atom is 0.259 e.